The normalized spacial score (nSPS) is 11.4. The summed E-state index contributed by atoms with van der Waals surface area (Å²) < 4.78 is 0. The van der Waals surface area contributed by atoms with Crippen molar-refractivity contribution in [3.05, 3.63) is 33.8 Å². The van der Waals surface area contributed by atoms with E-state index in [-0.39, 0.29) is 24.3 Å². The van der Waals surface area contributed by atoms with Gasteiger partial charge in [-0.2, -0.15) is 0 Å². The van der Waals surface area contributed by atoms with Gasteiger partial charge in [0.05, 0.1) is 16.5 Å². The topological polar surface area (TPSA) is 49.3 Å². The molecular weight excluding hydrogens is 285 g/mol. The first-order valence-electron chi connectivity index (χ1n) is 6.15. The van der Waals surface area contributed by atoms with Crippen LogP contribution in [-0.2, 0) is 11.2 Å². The smallest absolute Gasteiger partial charge is 0.224 e. The number of nitrogens with one attached hydrogen (secondary N) is 1. The predicted octanol–water partition coefficient (Wildman–Crippen LogP) is 3.06. The molecule has 0 saturated heterocycles. The molecule has 0 unspecified atom stereocenters. The largest absolute Gasteiger partial charge is 0.396 e. The van der Waals surface area contributed by atoms with Crippen LogP contribution in [0.2, 0.25) is 10.0 Å². The molecule has 0 aliphatic rings. The fourth-order valence-corrected chi connectivity index (χ4v) is 1.95. The third-order valence-corrected chi connectivity index (χ3v) is 3.64. The molecule has 0 aliphatic heterocycles. The second kappa shape index (κ2) is 7.13. The lowest BCUT2D eigenvalue weighted by molar-refractivity contribution is -0.120. The van der Waals surface area contributed by atoms with Crippen molar-refractivity contribution in [3.8, 4) is 0 Å². The zero-order valence-electron chi connectivity index (χ0n) is 11.2. The molecular formula is C14H19Cl2NO2. The number of hydrogen-bond donors (Lipinski definition) is 2. The summed E-state index contributed by atoms with van der Waals surface area (Å²) >= 11 is 11.7. The Morgan fingerprint density at radius 1 is 1.32 bits per heavy atom. The minimum Gasteiger partial charge on any atom is -0.396 e. The highest BCUT2D eigenvalue weighted by Crippen LogP contribution is 2.23. The highest BCUT2D eigenvalue weighted by Gasteiger charge is 2.18. The standard InChI is InChI=1S/C14H19Cl2NO2/c1-14(2,5-6-18)9-17-13(19)8-10-3-4-11(15)12(16)7-10/h3-4,7,18H,5-6,8-9H2,1-2H3,(H,17,19). The van der Waals surface area contributed by atoms with Gasteiger partial charge in [0.2, 0.25) is 5.91 Å². The molecule has 1 rings (SSSR count). The fraction of sp³-hybridized carbons (Fsp3) is 0.500. The molecule has 0 bridgehead atoms. The van der Waals surface area contributed by atoms with Crippen LogP contribution in [0.15, 0.2) is 18.2 Å². The Morgan fingerprint density at radius 3 is 2.58 bits per heavy atom. The van der Waals surface area contributed by atoms with Crippen molar-refractivity contribution in [2.45, 2.75) is 26.7 Å². The summed E-state index contributed by atoms with van der Waals surface area (Å²) in [6.45, 7) is 4.66. The number of aliphatic hydroxyl groups excluding tert-OH is 1. The van der Waals surface area contributed by atoms with Crippen LogP contribution in [0.25, 0.3) is 0 Å². The minimum absolute atomic E-state index is 0.0654. The summed E-state index contributed by atoms with van der Waals surface area (Å²) in [4.78, 5) is 11.8. The summed E-state index contributed by atoms with van der Waals surface area (Å²) in [6.07, 6.45) is 0.923. The van der Waals surface area contributed by atoms with Crippen LogP contribution in [0.3, 0.4) is 0 Å². The maximum Gasteiger partial charge on any atom is 0.224 e. The molecule has 0 aromatic heterocycles. The molecule has 1 amide bonds. The van der Waals surface area contributed by atoms with E-state index in [4.69, 9.17) is 28.3 Å². The lowest BCUT2D eigenvalue weighted by Gasteiger charge is -2.23. The maximum absolute atomic E-state index is 11.8. The maximum atomic E-state index is 11.8. The van der Waals surface area contributed by atoms with Gasteiger partial charge in [-0.25, -0.2) is 0 Å². The third kappa shape index (κ3) is 5.81. The van der Waals surface area contributed by atoms with Gasteiger partial charge in [0.1, 0.15) is 0 Å². The van der Waals surface area contributed by atoms with Gasteiger partial charge in [-0.05, 0) is 29.5 Å². The van der Waals surface area contributed by atoms with Crippen molar-refractivity contribution >= 4 is 29.1 Å². The highest BCUT2D eigenvalue weighted by molar-refractivity contribution is 6.42. The Hall–Kier alpha value is -0.770. The average molecular weight is 304 g/mol. The molecule has 106 valence electrons. The van der Waals surface area contributed by atoms with Gasteiger partial charge in [-0.1, -0.05) is 43.1 Å². The van der Waals surface area contributed by atoms with E-state index in [2.05, 4.69) is 5.32 Å². The third-order valence-electron chi connectivity index (χ3n) is 2.90. The van der Waals surface area contributed by atoms with Gasteiger partial charge in [-0.15, -0.1) is 0 Å². The van der Waals surface area contributed by atoms with E-state index >= 15 is 0 Å². The Bertz CT molecular complexity index is 447. The zero-order valence-corrected chi connectivity index (χ0v) is 12.7. The van der Waals surface area contributed by atoms with Crippen LogP contribution in [0.4, 0.5) is 0 Å². The number of carbonyl (C=O) groups excluding carboxylic acids is 1. The molecule has 0 fully saturated rings. The Morgan fingerprint density at radius 2 is 2.00 bits per heavy atom. The SMILES string of the molecule is CC(C)(CCO)CNC(=O)Cc1ccc(Cl)c(Cl)c1. The molecule has 0 heterocycles. The van der Waals surface area contributed by atoms with Gasteiger partial charge in [-0.3, -0.25) is 4.79 Å². The molecule has 3 nitrogen and oxygen atoms in total. The molecule has 5 heteroatoms. The Labute approximate surface area is 123 Å². The van der Waals surface area contributed by atoms with Crippen molar-refractivity contribution in [1.29, 1.82) is 0 Å². The number of benzene rings is 1. The van der Waals surface area contributed by atoms with E-state index in [1.807, 2.05) is 13.8 Å². The molecule has 0 aliphatic carbocycles. The molecule has 0 spiro atoms. The van der Waals surface area contributed by atoms with Crippen molar-refractivity contribution in [2.75, 3.05) is 13.2 Å². The van der Waals surface area contributed by atoms with E-state index in [9.17, 15) is 4.79 Å². The fourth-order valence-electron chi connectivity index (χ4n) is 1.63. The molecule has 2 N–H and O–H groups in total. The molecule has 1 aromatic carbocycles. The van der Waals surface area contributed by atoms with Crippen molar-refractivity contribution < 1.29 is 9.90 Å². The van der Waals surface area contributed by atoms with Crippen LogP contribution in [0.5, 0.6) is 0 Å². The quantitative estimate of drug-likeness (QED) is 0.848. The summed E-state index contributed by atoms with van der Waals surface area (Å²) in [5.74, 6) is -0.0654. The van der Waals surface area contributed by atoms with Crippen molar-refractivity contribution in [3.63, 3.8) is 0 Å². The van der Waals surface area contributed by atoms with Crippen molar-refractivity contribution in [1.82, 2.24) is 5.32 Å². The lowest BCUT2D eigenvalue weighted by atomic mass is 9.89. The summed E-state index contributed by atoms with van der Waals surface area (Å²) in [6, 6.07) is 5.16. The Balaban J connectivity index is 2.49. The second-order valence-electron chi connectivity index (χ2n) is 5.34. The second-order valence-corrected chi connectivity index (χ2v) is 6.15. The van der Waals surface area contributed by atoms with E-state index in [1.165, 1.54) is 0 Å². The van der Waals surface area contributed by atoms with Crippen LogP contribution >= 0.6 is 23.2 Å². The van der Waals surface area contributed by atoms with Gasteiger partial charge in [0, 0.05) is 13.2 Å². The number of rotatable bonds is 6. The number of hydrogen-bond acceptors (Lipinski definition) is 2. The first-order valence-corrected chi connectivity index (χ1v) is 6.91. The lowest BCUT2D eigenvalue weighted by Crippen LogP contribution is -2.35. The number of halogens is 2. The van der Waals surface area contributed by atoms with E-state index in [1.54, 1.807) is 18.2 Å². The summed E-state index contributed by atoms with van der Waals surface area (Å²) in [7, 11) is 0. The number of aliphatic hydroxyl groups is 1. The number of carbonyl (C=O) groups is 1. The molecule has 0 atom stereocenters. The van der Waals surface area contributed by atoms with Crippen molar-refractivity contribution in [2.24, 2.45) is 5.41 Å². The minimum atomic E-state index is -0.109. The Kier molecular flexibility index (Phi) is 6.11. The van der Waals surface area contributed by atoms with Gasteiger partial charge in [0.25, 0.3) is 0 Å². The van der Waals surface area contributed by atoms with Gasteiger partial charge >= 0.3 is 0 Å². The van der Waals surface area contributed by atoms with E-state index in [0.717, 1.165) is 5.56 Å². The van der Waals surface area contributed by atoms with Crippen LogP contribution in [-0.4, -0.2) is 24.2 Å². The monoisotopic (exact) mass is 303 g/mol. The van der Waals surface area contributed by atoms with Crippen LogP contribution in [0.1, 0.15) is 25.8 Å². The molecule has 0 saturated carbocycles. The van der Waals surface area contributed by atoms with E-state index < -0.39 is 0 Å². The van der Waals surface area contributed by atoms with Gasteiger partial charge in [0.15, 0.2) is 0 Å². The molecule has 19 heavy (non-hydrogen) atoms. The summed E-state index contributed by atoms with van der Waals surface area (Å²) in [5.41, 5.74) is 0.717. The van der Waals surface area contributed by atoms with Gasteiger partial charge < -0.3 is 10.4 Å². The van der Waals surface area contributed by atoms with E-state index in [0.29, 0.717) is 23.0 Å². The first kappa shape index (κ1) is 16.3. The van der Waals surface area contributed by atoms with Crippen LogP contribution < -0.4 is 5.32 Å². The average Bonchev–Trinajstić information content (AvgIpc) is 2.32. The predicted molar refractivity (Wildman–Crippen MR) is 78.7 cm³/mol. The van der Waals surface area contributed by atoms with Crippen LogP contribution in [0, 0.1) is 5.41 Å². The number of amides is 1. The summed E-state index contributed by atoms with van der Waals surface area (Å²) in [5, 5.41) is 12.7. The first-order chi connectivity index (χ1) is 8.84. The molecule has 1 aromatic rings. The highest BCUT2D eigenvalue weighted by atomic mass is 35.5. The zero-order chi connectivity index (χ0) is 14.5. The molecule has 0 radical (unpaired) electrons.